The first kappa shape index (κ1) is 20.6. The summed E-state index contributed by atoms with van der Waals surface area (Å²) in [7, 11) is 0. The van der Waals surface area contributed by atoms with Crippen molar-refractivity contribution in [3.05, 3.63) is 42.0 Å². The van der Waals surface area contributed by atoms with Crippen molar-refractivity contribution in [1.29, 1.82) is 0 Å². The molecule has 8 heteroatoms. The summed E-state index contributed by atoms with van der Waals surface area (Å²) >= 11 is 0. The minimum absolute atomic E-state index is 0.329. The van der Waals surface area contributed by atoms with E-state index in [0.717, 1.165) is 74.0 Å². The standard InChI is InChI=1S/C25H30FN7/c1-18-6-4-9-27-22(18)32-12-14-33(15-13-32)23-19-16-21(31-10-2-3-11-31)28-17-20(19)29-24(30-23)25(26)7-5-8-25/h4,6,9,16-17H,2-3,5,7-8,10-15H2,1H3. The van der Waals surface area contributed by atoms with Gasteiger partial charge in [-0.25, -0.2) is 24.3 Å². The Bertz CT molecular complexity index is 1160. The Hall–Kier alpha value is -3.03. The third kappa shape index (κ3) is 3.65. The molecular weight excluding hydrogens is 417 g/mol. The number of rotatable bonds is 4. The molecule has 3 aromatic heterocycles. The lowest BCUT2D eigenvalue weighted by molar-refractivity contribution is 0.0512. The molecule has 1 aliphatic carbocycles. The summed E-state index contributed by atoms with van der Waals surface area (Å²) in [6.45, 7) is 7.48. The second-order valence-corrected chi connectivity index (χ2v) is 9.56. The molecule has 172 valence electrons. The maximum atomic E-state index is 15.4. The van der Waals surface area contributed by atoms with E-state index in [4.69, 9.17) is 4.98 Å². The van der Waals surface area contributed by atoms with Crippen LogP contribution in [0.3, 0.4) is 0 Å². The Morgan fingerprint density at radius 3 is 2.24 bits per heavy atom. The number of pyridine rings is 2. The average molecular weight is 448 g/mol. The van der Waals surface area contributed by atoms with Gasteiger partial charge in [0.1, 0.15) is 17.5 Å². The van der Waals surface area contributed by atoms with Crippen LogP contribution in [0.1, 0.15) is 43.5 Å². The van der Waals surface area contributed by atoms with Gasteiger partial charge in [0.05, 0.1) is 11.7 Å². The van der Waals surface area contributed by atoms with Gasteiger partial charge in [-0.15, -0.1) is 0 Å². The molecule has 0 spiro atoms. The van der Waals surface area contributed by atoms with Crippen molar-refractivity contribution in [3.8, 4) is 0 Å². The van der Waals surface area contributed by atoms with E-state index in [9.17, 15) is 0 Å². The van der Waals surface area contributed by atoms with Crippen molar-refractivity contribution in [2.75, 3.05) is 54.0 Å². The molecule has 0 N–H and O–H groups in total. The lowest BCUT2D eigenvalue weighted by atomic mass is 9.81. The third-order valence-electron chi connectivity index (χ3n) is 7.39. The molecule has 0 bridgehead atoms. The quantitative estimate of drug-likeness (QED) is 0.599. The van der Waals surface area contributed by atoms with Crippen LogP contribution in [-0.2, 0) is 5.67 Å². The highest BCUT2D eigenvalue weighted by atomic mass is 19.1. The molecule has 3 aromatic rings. The highest BCUT2D eigenvalue weighted by Crippen LogP contribution is 2.44. The van der Waals surface area contributed by atoms with E-state index in [1.54, 1.807) is 0 Å². The van der Waals surface area contributed by atoms with Crippen LogP contribution in [0, 0.1) is 6.92 Å². The fourth-order valence-electron chi connectivity index (χ4n) is 5.21. The molecule has 0 radical (unpaired) electrons. The first-order valence-corrected chi connectivity index (χ1v) is 12.1. The van der Waals surface area contributed by atoms with Crippen LogP contribution in [0.4, 0.5) is 21.8 Å². The Balaban J connectivity index is 1.35. The van der Waals surface area contributed by atoms with Crippen molar-refractivity contribution in [2.45, 2.75) is 44.7 Å². The largest absolute Gasteiger partial charge is 0.357 e. The van der Waals surface area contributed by atoms with Crippen LogP contribution in [0.25, 0.3) is 10.9 Å². The number of alkyl halides is 1. The molecule has 0 unspecified atom stereocenters. The van der Waals surface area contributed by atoms with Gasteiger partial charge in [0.25, 0.3) is 0 Å². The maximum Gasteiger partial charge on any atom is 0.170 e. The Kier molecular flexibility index (Phi) is 5.03. The minimum Gasteiger partial charge on any atom is -0.357 e. The number of aromatic nitrogens is 4. The summed E-state index contributed by atoms with van der Waals surface area (Å²) in [6.07, 6.45) is 7.95. The Morgan fingerprint density at radius 2 is 1.58 bits per heavy atom. The van der Waals surface area contributed by atoms with E-state index in [0.29, 0.717) is 18.7 Å². The Labute approximate surface area is 193 Å². The van der Waals surface area contributed by atoms with Crippen molar-refractivity contribution in [1.82, 2.24) is 19.9 Å². The number of hydrogen-bond acceptors (Lipinski definition) is 7. The lowest BCUT2D eigenvalue weighted by Crippen LogP contribution is -2.47. The molecule has 1 saturated carbocycles. The molecule has 0 aromatic carbocycles. The second-order valence-electron chi connectivity index (χ2n) is 9.56. The molecule has 0 amide bonds. The van der Waals surface area contributed by atoms with E-state index >= 15 is 4.39 Å². The second kappa shape index (κ2) is 8.08. The molecule has 33 heavy (non-hydrogen) atoms. The highest BCUT2D eigenvalue weighted by Gasteiger charge is 2.42. The van der Waals surface area contributed by atoms with Gasteiger partial charge in [-0.05, 0) is 56.7 Å². The summed E-state index contributed by atoms with van der Waals surface area (Å²) in [4.78, 5) is 25.7. The van der Waals surface area contributed by atoms with Crippen LogP contribution in [0.15, 0.2) is 30.6 Å². The number of aryl methyl sites for hydroxylation is 1. The number of halogens is 1. The Morgan fingerprint density at radius 1 is 0.848 bits per heavy atom. The topological polar surface area (TPSA) is 61.3 Å². The molecule has 2 saturated heterocycles. The molecule has 3 aliphatic rings. The van der Waals surface area contributed by atoms with Crippen LogP contribution < -0.4 is 14.7 Å². The van der Waals surface area contributed by atoms with E-state index < -0.39 is 5.67 Å². The van der Waals surface area contributed by atoms with E-state index in [1.165, 1.54) is 18.4 Å². The number of hydrogen-bond donors (Lipinski definition) is 0. The van der Waals surface area contributed by atoms with Gasteiger partial charge in [0.15, 0.2) is 11.5 Å². The van der Waals surface area contributed by atoms with Crippen LogP contribution in [-0.4, -0.2) is 59.2 Å². The molecule has 3 fully saturated rings. The predicted molar refractivity (Wildman–Crippen MR) is 129 cm³/mol. The third-order valence-corrected chi connectivity index (χ3v) is 7.39. The zero-order valence-corrected chi connectivity index (χ0v) is 19.2. The molecule has 0 atom stereocenters. The monoisotopic (exact) mass is 447 g/mol. The van der Waals surface area contributed by atoms with Crippen molar-refractivity contribution in [2.24, 2.45) is 0 Å². The minimum atomic E-state index is -1.40. The fraction of sp³-hybridized carbons (Fsp3) is 0.520. The lowest BCUT2D eigenvalue weighted by Gasteiger charge is -2.38. The summed E-state index contributed by atoms with van der Waals surface area (Å²) in [5.74, 6) is 3.19. The van der Waals surface area contributed by atoms with Crippen molar-refractivity contribution in [3.63, 3.8) is 0 Å². The molecule has 5 heterocycles. The first-order valence-electron chi connectivity index (χ1n) is 12.1. The summed E-state index contributed by atoms with van der Waals surface area (Å²) in [6, 6.07) is 6.19. The number of nitrogens with zero attached hydrogens (tertiary/aromatic N) is 7. The maximum absolute atomic E-state index is 15.4. The van der Waals surface area contributed by atoms with Gasteiger partial charge in [-0.3, -0.25) is 0 Å². The molecule has 7 nitrogen and oxygen atoms in total. The summed E-state index contributed by atoms with van der Waals surface area (Å²) in [5.41, 5.74) is 0.528. The van der Waals surface area contributed by atoms with Gasteiger partial charge in [-0.1, -0.05) is 6.07 Å². The van der Waals surface area contributed by atoms with Crippen LogP contribution in [0.2, 0.25) is 0 Å². The predicted octanol–water partition coefficient (Wildman–Crippen LogP) is 4.00. The van der Waals surface area contributed by atoms with Gasteiger partial charge >= 0.3 is 0 Å². The average Bonchev–Trinajstić information content (AvgIpc) is 3.37. The molecule has 6 rings (SSSR count). The van der Waals surface area contributed by atoms with E-state index in [-0.39, 0.29) is 0 Å². The normalized spacial score (nSPS) is 20.4. The first-order chi connectivity index (χ1) is 16.1. The van der Waals surface area contributed by atoms with Crippen molar-refractivity contribution >= 4 is 28.4 Å². The summed E-state index contributed by atoms with van der Waals surface area (Å²) in [5, 5.41) is 0.973. The van der Waals surface area contributed by atoms with E-state index in [1.807, 2.05) is 18.5 Å². The summed E-state index contributed by atoms with van der Waals surface area (Å²) < 4.78 is 15.4. The molecular formula is C25H30FN7. The highest BCUT2D eigenvalue weighted by molar-refractivity contribution is 5.91. The zero-order valence-electron chi connectivity index (χ0n) is 19.2. The smallest absolute Gasteiger partial charge is 0.170 e. The van der Waals surface area contributed by atoms with Gasteiger partial charge in [0, 0.05) is 50.9 Å². The molecule has 2 aliphatic heterocycles. The number of fused-ring (bicyclic) bond motifs is 1. The van der Waals surface area contributed by atoms with Gasteiger partial charge in [-0.2, -0.15) is 0 Å². The van der Waals surface area contributed by atoms with Crippen molar-refractivity contribution < 1.29 is 4.39 Å². The number of piperazine rings is 1. The number of anilines is 3. The fourth-order valence-corrected chi connectivity index (χ4v) is 5.21. The van der Waals surface area contributed by atoms with Gasteiger partial charge in [0.2, 0.25) is 0 Å². The van der Waals surface area contributed by atoms with Crippen LogP contribution >= 0.6 is 0 Å². The SMILES string of the molecule is Cc1cccnc1N1CCN(c2nc(C3(F)CCC3)nc3cnc(N4CCCC4)cc23)CC1. The van der Waals surface area contributed by atoms with E-state index in [2.05, 4.69) is 48.7 Å². The van der Waals surface area contributed by atoms with Crippen LogP contribution in [0.5, 0.6) is 0 Å². The van der Waals surface area contributed by atoms with Gasteiger partial charge < -0.3 is 14.7 Å². The zero-order chi connectivity index (χ0) is 22.4.